The van der Waals surface area contributed by atoms with E-state index in [1.54, 1.807) is 4.90 Å². The van der Waals surface area contributed by atoms with Gasteiger partial charge in [0.2, 0.25) is 5.91 Å². The van der Waals surface area contributed by atoms with Crippen molar-refractivity contribution in [3.63, 3.8) is 0 Å². The molecule has 0 unspecified atom stereocenters. The van der Waals surface area contributed by atoms with E-state index in [4.69, 9.17) is 4.74 Å². The Morgan fingerprint density at radius 1 is 1.22 bits per heavy atom. The molecular formula is C16H30N4O3. The minimum Gasteiger partial charge on any atom is -0.444 e. The quantitative estimate of drug-likeness (QED) is 0.824. The van der Waals surface area contributed by atoms with Crippen LogP contribution in [-0.2, 0) is 9.53 Å². The maximum absolute atomic E-state index is 12.1. The predicted octanol–water partition coefficient (Wildman–Crippen LogP) is 1.53. The number of carbonyl (C=O) groups is 2. The Morgan fingerprint density at radius 3 is 2.43 bits per heavy atom. The summed E-state index contributed by atoms with van der Waals surface area (Å²) in [5, 5.41) is 6.03. The largest absolute Gasteiger partial charge is 0.444 e. The van der Waals surface area contributed by atoms with Crippen molar-refractivity contribution >= 4 is 17.8 Å². The average molecular weight is 326 g/mol. The molecular weight excluding hydrogens is 296 g/mol. The summed E-state index contributed by atoms with van der Waals surface area (Å²) in [5.41, 5.74) is -0.739. The van der Waals surface area contributed by atoms with Gasteiger partial charge in [0.15, 0.2) is 0 Å². The first-order valence-corrected chi connectivity index (χ1v) is 8.02. The first-order chi connectivity index (χ1) is 10.5. The van der Waals surface area contributed by atoms with E-state index in [2.05, 4.69) is 15.6 Å². The molecule has 0 radical (unpaired) electrons. The highest BCUT2D eigenvalue weighted by Gasteiger charge is 2.25. The maximum Gasteiger partial charge on any atom is 0.410 e. The Labute approximate surface area is 138 Å². The van der Waals surface area contributed by atoms with Gasteiger partial charge in [-0.3, -0.25) is 14.7 Å². The van der Waals surface area contributed by atoms with E-state index < -0.39 is 5.60 Å². The number of carbonyl (C=O) groups excluding carboxylic acids is 2. The molecule has 0 saturated heterocycles. The van der Waals surface area contributed by atoms with Crippen LogP contribution >= 0.6 is 0 Å². The molecule has 132 valence electrons. The van der Waals surface area contributed by atoms with Crippen LogP contribution in [0.3, 0.4) is 0 Å². The molecule has 0 aromatic carbocycles. The molecule has 23 heavy (non-hydrogen) atoms. The van der Waals surface area contributed by atoms with Gasteiger partial charge in [-0.1, -0.05) is 0 Å². The molecule has 7 nitrogen and oxygen atoms in total. The van der Waals surface area contributed by atoms with Crippen LogP contribution in [0.5, 0.6) is 0 Å². The molecule has 1 aliphatic rings. The van der Waals surface area contributed by atoms with Gasteiger partial charge in [-0.15, -0.1) is 0 Å². The summed E-state index contributed by atoms with van der Waals surface area (Å²) in [7, 11) is 0. The lowest BCUT2D eigenvalue weighted by Gasteiger charge is -2.30. The SMILES string of the molecule is CC(C)(C)NC(=O)CCNC1=NCCN(C(=O)OC(C)(C)C)C1. The number of ether oxygens (including phenoxy) is 1. The Morgan fingerprint density at radius 2 is 1.87 bits per heavy atom. The Balaban J connectivity index is 2.37. The molecule has 0 spiro atoms. The minimum absolute atomic E-state index is 0.00888. The van der Waals surface area contributed by atoms with E-state index in [9.17, 15) is 9.59 Å². The highest BCUT2D eigenvalue weighted by atomic mass is 16.6. The molecule has 0 aromatic heterocycles. The Kier molecular flexibility index (Phi) is 6.41. The second-order valence-electron chi connectivity index (χ2n) is 7.71. The fraction of sp³-hybridized carbons (Fsp3) is 0.812. The van der Waals surface area contributed by atoms with Crippen molar-refractivity contribution in [1.82, 2.24) is 15.5 Å². The number of hydrogen-bond acceptors (Lipinski definition) is 5. The van der Waals surface area contributed by atoms with Crippen LogP contribution in [0.2, 0.25) is 0 Å². The molecule has 0 fully saturated rings. The van der Waals surface area contributed by atoms with Gasteiger partial charge in [0.05, 0.1) is 13.1 Å². The van der Waals surface area contributed by atoms with E-state index in [1.807, 2.05) is 41.5 Å². The van der Waals surface area contributed by atoms with Crippen LogP contribution in [-0.4, -0.2) is 60.1 Å². The van der Waals surface area contributed by atoms with Crippen LogP contribution in [0, 0.1) is 0 Å². The Bertz CT molecular complexity index is 461. The normalized spacial score (nSPS) is 15.7. The third-order valence-corrected chi connectivity index (χ3v) is 2.86. The summed E-state index contributed by atoms with van der Waals surface area (Å²) in [6, 6.07) is 0. The third kappa shape index (κ3) is 8.42. The summed E-state index contributed by atoms with van der Waals surface area (Å²) < 4.78 is 5.36. The zero-order chi connectivity index (χ0) is 17.7. The van der Waals surface area contributed by atoms with Crippen LogP contribution in [0.1, 0.15) is 48.0 Å². The lowest BCUT2D eigenvalue weighted by Crippen LogP contribution is -2.48. The van der Waals surface area contributed by atoms with Gasteiger partial charge in [0.25, 0.3) is 0 Å². The van der Waals surface area contributed by atoms with Gasteiger partial charge < -0.3 is 15.4 Å². The molecule has 1 rings (SSSR count). The van der Waals surface area contributed by atoms with E-state index in [1.165, 1.54) is 0 Å². The highest BCUT2D eigenvalue weighted by molar-refractivity contribution is 5.88. The fourth-order valence-electron chi connectivity index (χ4n) is 2.01. The van der Waals surface area contributed by atoms with E-state index in [0.717, 1.165) is 0 Å². The second kappa shape index (κ2) is 7.66. The van der Waals surface area contributed by atoms with Crippen molar-refractivity contribution in [3.8, 4) is 0 Å². The number of nitrogens with one attached hydrogen (secondary N) is 2. The lowest BCUT2D eigenvalue weighted by atomic mass is 10.1. The number of nitrogens with zero attached hydrogens (tertiary/aromatic N) is 2. The van der Waals surface area contributed by atoms with Crippen molar-refractivity contribution in [2.24, 2.45) is 4.99 Å². The molecule has 2 N–H and O–H groups in total. The highest BCUT2D eigenvalue weighted by Crippen LogP contribution is 2.11. The zero-order valence-corrected chi connectivity index (χ0v) is 15.2. The summed E-state index contributed by atoms with van der Waals surface area (Å²) >= 11 is 0. The number of hydrogen-bond donors (Lipinski definition) is 2. The summed E-state index contributed by atoms with van der Waals surface area (Å²) in [5.74, 6) is 0.705. The van der Waals surface area contributed by atoms with Gasteiger partial charge >= 0.3 is 6.09 Å². The first-order valence-electron chi connectivity index (χ1n) is 8.02. The lowest BCUT2D eigenvalue weighted by molar-refractivity contribution is -0.122. The average Bonchev–Trinajstić information content (AvgIpc) is 2.35. The minimum atomic E-state index is -0.510. The zero-order valence-electron chi connectivity index (χ0n) is 15.2. The first kappa shape index (κ1) is 19.3. The van der Waals surface area contributed by atoms with Crippen molar-refractivity contribution in [2.75, 3.05) is 26.2 Å². The molecule has 7 heteroatoms. The Hall–Kier alpha value is -1.79. The number of amidine groups is 1. The maximum atomic E-state index is 12.1. The molecule has 1 aliphatic heterocycles. The van der Waals surface area contributed by atoms with E-state index in [-0.39, 0.29) is 17.5 Å². The van der Waals surface area contributed by atoms with Gasteiger partial charge in [-0.05, 0) is 41.5 Å². The van der Waals surface area contributed by atoms with Gasteiger partial charge in [-0.2, -0.15) is 0 Å². The summed E-state index contributed by atoms with van der Waals surface area (Å²) in [4.78, 5) is 29.8. The molecule has 0 saturated carbocycles. The molecule has 0 aromatic rings. The van der Waals surface area contributed by atoms with Crippen LogP contribution < -0.4 is 10.6 Å². The van der Waals surface area contributed by atoms with Crippen molar-refractivity contribution in [2.45, 2.75) is 59.1 Å². The third-order valence-electron chi connectivity index (χ3n) is 2.86. The summed E-state index contributed by atoms with van der Waals surface area (Å²) in [6.45, 7) is 13.3. The predicted molar refractivity (Wildman–Crippen MR) is 90.6 cm³/mol. The monoisotopic (exact) mass is 326 g/mol. The molecule has 0 atom stereocenters. The standard InChI is InChI=1S/C16H30N4O3/c1-15(2,3)19-13(21)7-8-17-12-11-20(10-9-18-12)14(22)23-16(4,5)6/h7-11H2,1-6H3,(H,17,18)(H,19,21). The van der Waals surface area contributed by atoms with Crippen molar-refractivity contribution < 1.29 is 14.3 Å². The van der Waals surface area contributed by atoms with Crippen molar-refractivity contribution in [1.29, 1.82) is 0 Å². The number of rotatable bonds is 3. The van der Waals surface area contributed by atoms with Crippen LogP contribution in [0.25, 0.3) is 0 Å². The second-order valence-corrected chi connectivity index (χ2v) is 7.71. The molecule has 2 amide bonds. The van der Waals surface area contributed by atoms with Crippen molar-refractivity contribution in [3.05, 3.63) is 0 Å². The van der Waals surface area contributed by atoms with Crippen LogP contribution in [0.4, 0.5) is 4.79 Å². The van der Waals surface area contributed by atoms with Crippen LogP contribution in [0.15, 0.2) is 4.99 Å². The van der Waals surface area contributed by atoms with E-state index in [0.29, 0.717) is 38.4 Å². The molecule has 1 heterocycles. The van der Waals surface area contributed by atoms with Gasteiger partial charge in [0, 0.05) is 25.0 Å². The van der Waals surface area contributed by atoms with Gasteiger partial charge in [-0.25, -0.2) is 4.79 Å². The van der Waals surface area contributed by atoms with E-state index >= 15 is 0 Å². The smallest absolute Gasteiger partial charge is 0.410 e. The van der Waals surface area contributed by atoms with Gasteiger partial charge in [0.1, 0.15) is 11.4 Å². The molecule has 0 bridgehead atoms. The topological polar surface area (TPSA) is 83.0 Å². The number of aliphatic imine (C=N–C) groups is 1. The number of amides is 2. The fourth-order valence-corrected chi connectivity index (χ4v) is 2.01. The summed E-state index contributed by atoms with van der Waals surface area (Å²) in [6.07, 6.45) is 0.0279. The molecule has 0 aliphatic carbocycles.